The van der Waals surface area contributed by atoms with Gasteiger partial charge in [0.25, 0.3) is 0 Å². The first-order valence-electron chi connectivity index (χ1n) is 4.58. The summed E-state index contributed by atoms with van der Waals surface area (Å²) in [5.41, 5.74) is 0.434. The number of nitrogens with one attached hydrogen (secondary N) is 3. The molecular weight excluding hydrogens is 138 g/mol. The normalized spacial score (nSPS) is 30.5. The predicted octanol–water partition coefficient (Wildman–Crippen LogP) is -0.699. The van der Waals surface area contributed by atoms with Crippen molar-refractivity contribution in [2.24, 2.45) is 0 Å². The minimum atomic E-state index is 0.434. The molecule has 11 heavy (non-hydrogen) atoms. The minimum Gasteiger partial charge on any atom is -0.317 e. The number of hydrogen-bond acceptors (Lipinski definition) is 3. The SMILES string of the molecule is C1CC2(CCN1)CNCCN2. The largest absolute Gasteiger partial charge is 0.317 e. The van der Waals surface area contributed by atoms with Crippen LogP contribution in [0, 0.1) is 0 Å². The summed E-state index contributed by atoms with van der Waals surface area (Å²) in [4.78, 5) is 0. The summed E-state index contributed by atoms with van der Waals surface area (Å²) in [6.07, 6.45) is 2.56. The van der Waals surface area contributed by atoms with Crippen LogP contribution in [0.4, 0.5) is 0 Å². The van der Waals surface area contributed by atoms with Gasteiger partial charge in [-0.05, 0) is 25.9 Å². The molecule has 0 atom stereocenters. The van der Waals surface area contributed by atoms with Gasteiger partial charge in [0.1, 0.15) is 0 Å². The van der Waals surface area contributed by atoms with Crippen molar-refractivity contribution in [3.63, 3.8) is 0 Å². The first kappa shape index (κ1) is 7.53. The van der Waals surface area contributed by atoms with Crippen LogP contribution in [0.1, 0.15) is 12.8 Å². The summed E-state index contributed by atoms with van der Waals surface area (Å²) in [6.45, 7) is 5.78. The van der Waals surface area contributed by atoms with E-state index in [1.54, 1.807) is 0 Å². The molecule has 0 aromatic heterocycles. The molecule has 0 amide bonds. The Kier molecular flexibility index (Phi) is 2.11. The first-order valence-corrected chi connectivity index (χ1v) is 4.58. The summed E-state index contributed by atoms with van der Waals surface area (Å²) >= 11 is 0. The topological polar surface area (TPSA) is 36.1 Å². The van der Waals surface area contributed by atoms with Crippen LogP contribution in [-0.4, -0.2) is 38.3 Å². The van der Waals surface area contributed by atoms with Gasteiger partial charge in [-0.1, -0.05) is 0 Å². The highest BCUT2D eigenvalue weighted by molar-refractivity contribution is 4.96. The molecule has 0 aromatic rings. The highest BCUT2D eigenvalue weighted by Gasteiger charge is 2.32. The fraction of sp³-hybridized carbons (Fsp3) is 1.00. The van der Waals surface area contributed by atoms with Gasteiger partial charge in [0.05, 0.1) is 0 Å². The number of piperidine rings is 1. The molecule has 2 saturated heterocycles. The summed E-state index contributed by atoms with van der Waals surface area (Å²) in [7, 11) is 0. The van der Waals surface area contributed by atoms with E-state index in [1.165, 1.54) is 25.9 Å². The number of hydrogen-bond donors (Lipinski definition) is 3. The van der Waals surface area contributed by atoms with E-state index < -0.39 is 0 Å². The van der Waals surface area contributed by atoms with Crippen LogP contribution < -0.4 is 16.0 Å². The molecule has 1 spiro atoms. The Labute approximate surface area is 67.9 Å². The first-order chi connectivity index (χ1) is 5.41. The van der Waals surface area contributed by atoms with Crippen LogP contribution in [0.3, 0.4) is 0 Å². The molecule has 2 fully saturated rings. The van der Waals surface area contributed by atoms with E-state index in [9.17, 15) is 0 Å². The average Bonchev–Trinajstić information content (AvgIpc) is 2.07. The highest BCUT2D eigenvalue weighted by Crippen LogP contribution is 2.18. The molecular formula is C8H17N3. The molecule has 0 radical (unpaired) electrons. The number of rotatable bonds is 0. The number of piperazine rings is 1. The minimum absolute atomic E-state index is 0.434. The van der Waals surface area contributed by atoms with Gasteiger partial charge in [-0.15, -0.1) is 0 Å². The fourth-order valence-electron chi connectivity index (χ4n) is 2.07. The van der Waals surface area contributed by atoms with Gasteiger partial charge in [0.15, 0.2) is 0 Å². The van der Waals surface area contributed by atoms with Gasteiger partial charge < -0.3 is 16.0 Å². The van der Waals surface area contributed by atoms with E-state index in [-0.39, 0.29) is 0 Å². The van der Waals surface area contributed by atoms with Crippen LogP contribution in [0.2, 0.25) is 0 Å². The second kappa shape index (κ2) is 3.09. The molecule has 2 aliphatic rings. The lowest BCUT2D eigenvalue weighted by Gasteiger charge is -2.42. The molecule has 0 bridgehead atoms. The Morgan fingerprint density at radius 2 is 1.64 bits per heavy atom. The molecule has 0 aliphatic carbocycles. The van der Waals surface area contributed by atoms with E-state index in [0.717, 1.165) is 19.6 Å². The highest BCUT2D eigenvalue weighted by atomic mass is 15.1. The van der Waals surface area contributed by atoms with Gasteiger partial charge >= 0.3 is 0 Å². The monoisotopic (exact) mass is 155 g/mol. The fourth-order valence-corrected chi connectivity index (χ4v) is 2.07. The summed E-state index contributed by atoms with van der Waals surface area (Å²) in [6, 6.07) is 0. The van der Waals surface area contributed by atoms with Gasteiger partial charge in [-0.2, -0.15) is 0 Å². The molecule has 3 nitrogen and oxygen atoms in total. The Hall–Kier alpha value is -0.120. The third-order valence-electron chi connectivity index (χ3n) is 2.83. The van der Waals surface area contributed by atoms with Crippen LogP contribution in [0.5, 0.6) is 0 Å². The van der Waals surface area contributed by atoms with Crippen molar-refractivity contribution in [1.82, 2.24) is 16.0 Å². The predicted molar refractivity (Wildman–Crippen MR) is 45.7 cm³/mol. The van der Waals surface area contributed by atoms with Crippen molar-refractivity contribution in [1.29, 1.82) is 0 Å². The lowest BCUT2D eigenvalue weighted by atomic mass is 9.87. The van der Waals surface area contributed by atoms with Crippen LogP contribution in [-0.2, 0) is 0 Å². The van der Waals surface area contributed by atoms with Crippen molar-refractivity contribution in [2.45, 2.75) is 18.4 Å². The lowest BCUT2D eigenvalue weighted by Crippen LogP contribution is -2.62. The van der Waals surface area contributed by atoms with Gasteiger partial charge in [-0.3, -0.25) is 0 Å². The molecule has 2 aliphatic heterocycles. The standard InChI is InChI=1S/C8H17N3/c1-3-9-4-2-8(1)7-10-5-6-11-8/h9-11H,1-7H2. The molecule has 0 saturated carbocycles. The summed E-state index contributed by atoms with van der Waals surface area (Å²) in [5, 5.41) is 10.5. The Morgan fingerprint density at radius 3 is 2.27 bits per heavy atom. The molecule has 2 rings (SSSR count). The molecule has 3 N–H and O–H groups in total. The zero-order valence-electron chi connectivity index (χ0n) is 6.95. The van der Waals surface area contributed by atoms with Crippen LogP contribution in [0.25, 0.3) is 0 Å². The Morgan fingerprint density at radius 1 is 0.818 bits per heavy atom. The van der Waals surface area contributed by atoms with Crippen LogP contribution in [0.15, 0.2) is 0 Å². The molecule has 0 aromatic carbocycles. The molecule has 0 unspecified atom stereocenters. The quantitative estimate of drug-likeness (QED) is 0.433. The third-order valence-corrected chi connectivity index (χ3v) is 2.83. The Bertz CT molecular complexity index is 104. The van der Waals surface area contributed by atoms with E-state index in [2.05, 4.69) is 16.0 Å². The van der Waals surface area contributed by atoms with Gasteiger partial charge in [0.2, 0.25) is 0 Å². The lowest BCUT2D eigenvalue weighted by molar-refractivity contribution is 0.209. The summed E-state index contributed by atoms with van der Waals surface area (Å²) in [5.74, 6) is 0. The van der Waals surface area contributed by atoms with Crippen LogP contribution >= 0.6 is 0 Å². The zero-order chi connectivity index (χ0) is 7.57. The molecule has 2 heterocycles. The maximum Gasteiger partial charge on any atom is 0.0330 e. The third kappa shape index (κ3) is 1.55. The maximum atomic E-state index is 3.63. The van der Waals surface area contributed by atoms with Crippen molar-refractivity contribution in [3.8, 4) is 0 Å². The smallest absolute Gasteiger partial charge is 0.0330 e. The van der Waals surface area contributed by atoms with Gasteiger partial charge in [0, 0.05) is 25.2 Å². The van der Waals surface area contributed by atoms with E-state index >= 15 is 0 Å². The second-order valence-corrected chi connectivity index (χ2v) is 3.63. The van der Waals surface area contributed by atoms with Crippen molar-refractivity contribution in [3.05, 3.63) is 0 Å². The zero-order valence-corrected chi connectivity index (χ0v) is 6.95. The second-order valence-electron chi connectivity index (χ2n) is 3.63. The Balaban J connectivity index is 1.94. The average molecular weight is 155 g/mol. The molecule has 64 valence electrons. The van der Waals surface area contributed by atoms with Crippen molar-refractivity contribution >= 4 is 0 Å². The van der Waals surface area contributed by atoms with E-state index in [0.29, 0.717) is 5.54 Å². The maximum absolute atomic E-state index is 3.63. The van der Waals surface area contributed by atoms with Crippen molar-refractivity contribution < 1.29 is 0 Å². The van der Waals surface area contributed by atoms with Crippen molar-refractivity contribution in [2.75, 3.05) is 32.7 Å². The van der Waals surface area contributed by atoms with Gasteiger partial charge in [-0.25, -0.2) is 0 Å². The van der Waals surface area contributed by atoms with E-state index in [4.69, 9.17) is 0 Å². The summed E-state index contributed by atoms with van der Waals surface area (Å²) < 4.78 is 0. The molecule has 3 heteroatoms. The van der Waals surface area contributed by atoms with E-state index in [1.807, 2.05) is 0 Å².